The Balaban J connectivity index is 1.80. The van der Waals surface area contributed by atoms with Gasteiger partial charge in [-0.25, -0.2) is 0 Å². The lowest BCUT2D eigenvalue weighted by Gasteiger charge is -2.05. The van der Waals surface area contributed by atoms with Gasteiger partial charge in [-0.05, 0) is 19.3 Å². The predicted molar refractivity (Wildman–Crippen MR) is 57.7 cm³/mol. The van der Waals surface area contributed by atoms with Gasteiger partial charge >= 0.3 is 5.97 Å². The van der Waals surface area contributed by atoms with E-state index in [0.717, 1.165) is 19.6 Å². The number of hydrogen-bond donors (Lipinski definition) is 1. The molecule has 0 saturated heterocycles. The van der Waals surface area contributed by atoms with Gasteiger partial charge in [0.25, 0.3) is 0 Å². The second-order valence-corrected chi connectivity index (χ2v) is 3.81. The molecule has 0 aromatic heterocycles. The number of carbonyl (C=O) groups is 1. The van der Waals surface area contributed by atoms with E-state index in [1.807, 2.05) is 0 Å². The standard InChI is InChI=1S/C11H21NO3/c1-2-7-14-8-9-15-11(13)5-6-12-10-3-4-10/h10,12H,2-9H2,1H3. The lowest BCUT2D eigenvalue weighted by molar-refractivity contribution is -0.145. The highest BCUT2D eigenvalue weighted by Crippen LogP contribution is 2.18. The molecule has 1 aliphatic carbocycles. The van der Waals surface area contributed by atoms with Crippen molar-refractivity contribution in [1.29, 1.82) is 0 Å². The Morgan fingerprint density at radius 1 is 1.33 bits per heavy atom. The van der Waals surface area contributed by atoms with Crippen LogP contribution in [0, 0.1) is 0 Å². The lowest BCUT2D eigenvalue weighted by Crippen LogP contribution is -2.21. The topological polar surface area (TPSA) is 47.6 Å². The van der Waals surface area contributed by atoms with Gasteiger partial charge in [0, 0.05) is 19.2 Å². The minimum absolute atomic E-state index is 0.136. The van der Waals surface area contributed by atoms with Crippen LogP contribution in [-0.4, -0.2) is 38.4 Å². The summed E-state index contributed by atoms with van der Waals surface area (Å²) in [5.41, 5.74) is 0. The van der Waals surface area contributed by atoms with Crippen molar-refractivity contribution in [1.82, 2.24) is 5.32 Å². The van der Waals surface area contributed by atoms with Gasteiger partial charge in [-0.1, -0.05) is 6.92 Å². The summed E-state index contributed by atoms with van der Waals surface area (Å²) in [6.07, 6.45) is 3.96. The van der Waals surface area contributed by atoms with E-state index in [-0.39, 0.29) is 5.97 Å². The fraction of sp³-hybridized carbons (Fsp3) is 0.909. The highest BCUT2D eigenvalue weighted by atomic mass is 16.6. The van der Waals surface area contributed by atoms with Gasteiger partial charge in [0.05, 0.1) is 13.0 Å². The first-order valence-corrected chi connectivity index (χ1v) is 5.79. The fourth-order valence-electron chi connectivity index (χ4n) is 1.20. The Labute approximate surface area is 91.3 Å². The molecular weight excluding hydrogens is 194 g/mol. The van der Waals surface area contributed by atoms with Gasteiger partial charge in [0.2, 0.25) is 0 Å². The molecule has 4 nitrogen and oxygen atoms in total. The molecule has 0 amide bonds. The van der Waals surface area contributed by atoms with Gasteiger partial charge in [-0.15, -0.1) is 0 Å². The minimum atomic E-state index is -0.136. The first kappa shape index (κ1) is 12.5. The van der Waals surface area contributed by atoms with Crippen LogP contribution in [0.5, 0.6) is 0 Å². The van der Waals surface area contributed by atoms with Crippen LogP contribution in [0.25, 0.3) is 0 Å². The van der Waals surface area contributed by atoms with Crippen LogP contribution in [-0.2, 0) is 14.3 Å². The van der Waals surface area contributed by atoms with E-state index < -0.39 is 0 Å². The summed E-state index contributed by atoms with van der Waals surface area (Å²) in [5.74, 6) is -0.136. The molecule has 0 atom stereocenters. The SMILES string of the molecule is CCCOCCOC(=O)CCNC1CC1. The minimum Gasteiger partial charge on any atom is -0.463 e. The molecule has 1 N–H and O–H groups in total. The largest absolute Gasteiger partial charge is 0.463 e. The third kappa shape index (κ3) is 7.33. The van der Waals surface area contributed by atoms with Crippen LogP contribution in [0.1, 0.15) is 32.6 Å². The molecule has 0 heterocycles. The maximum Gasteiger partial charge on any atom is 0.307 e. The van der Waals surface area contributed by atoms with Crippen molar-refractivity contribution in [2.75, 3.05) is 26.4 Å². The molecule has 0 radical (unpaired) electrons. The molecule has 0 aromatic carbocycles. The maximum absolute atomic E-state index is 11.2. The van der Waals surface area contributed by atoms with Crippen molar-refractivity contribution in [2.45, 2.75) is 38.6 Å². The molecule has 88 valence electrons. The quantitative estimate of drug-likeness (QED) is 0.462. The molecule has 0 aromatic rings. The van der Waals surface area contributed by atoms with E-state index in [1.165, 1.54) is 12.8 Å². The number of hydrogen-bond acceptors (Lipinski definition) is 4. The zero-order valence-electron chi connectivity index (χ0n) is 9.46. The van der Waals surface area contributed by atoms with Crippen LogP contribution in [0.2, 0.25) is 0 Å². The van der Waals surface area contributed by atoms with Crippen molar-refractivity contribution < 1.29 is 14.3 Å². The van der Waals surface area contributed by atoms with E-state index in [1.54, 1.807) is 0 Å². The fourth-order valence-corrected chi connectivity index (χ4v) is 1.20. The molecule has 0 unspecified atom stereocenters. The monoisotopic (exact) mass is 215 g/mol. The van der Waals surface area contributed by atoms with E-state index in [4.69, 9.17) is 9.47 Å². The molecule has 4 heteroatoms. The highest BCUT2D eigenvalue weighted by Gasteiger charge is 2.20. The summed E-state index contributed by atoms with van der Waals surface area (Å²) in [7, 11) is 0. The molecule has 0 aliphatic heterocycles. The van der Waals surface area contributed by atoms with Crippen LogP contribution in [0.3, 0.4) is 0 Å². The Hall–Kier alpha value is -0.610. The average Bonchev–Trinajstić information content (AvgIpc) is 3.01. The average molecular weight is 215 g/mol. The lowest BCUT2D eigenvalue weighted by atomic mass is 10.4. The summed E-state index contributed by atoms with van der Waals surface area (Å²) in [6.45, 7) is 4.41. The van der Waals surface area contributed by atoms with E-state index in [2.05, 4.69) is 12.2 Å². The van der Waals surface area contributed by atoms with Crippen molar-refractivity contribution >= 4 is 5.97 Å². The summed E-state index contributed by atoms with van der Waals surface area (Å²) in [4.78, 5) is 11.2. The van der Waals surface area contributed by atoms with Crippen LogP contribution in [0.15, 0.2) is 0 Å². The summed E-state index contributed by atoms with van der Waals surface area (Å²) in [6, 6.07) is 0.658. The van der Waals surface area contributed by atoms with Gasteiger partial charge in [0.1, 0.15) is 6.61 Å². The number of ether oxygens (including phenoxy) is 2. The molecule has 0 bridgehead atoms. The third-order valence-corrected chi connectivity index (χ3v) is 2.18. The Morgan fingerprint density at radius 2 is 2.13 bits per heavy atom. The number of esters is 1. The normalized spacial score (nSPS) is 15.3. The number of rotatable bonds is 9. The van der Waals surface area contributed by atoms with Gasteiger partial charge in [-0.2, -0.15) is 0 Å². The van der Waals surface area contributed by atoms with Crippen LogP contribution >= 0.6 is 0 Å². The van der Waals surface area contributed by atoms with E-state index in [9.17, 15) is 4.79 Å². The van der Waals surface area contributed by atoms with Crippen LogP contribution < -0.4 is 5.32 Å². The Bertz CT molecular complexity index is 181. The second-order valence-electron chi connectivity index (χ2n) is 3.81. The first-order valence-electron chi connectivity index (χ1n) is 5.79. The Morgan fingerprint density at radius 3 is 2.80 bits per heavy atom. The summed E-state index contributed by atoms with van der Waals surface area (Å²) < 4.78 is 10.2. The first-order chi connectivity index (χ1) is 7.33. The smallest absolute Gasteiger partial charge is 0.307 e. The van der Waals surface area contributed by atoms with E-state index >= 15 is 0 Å². The molecule has 1 aliphatic rings. The highest BCUT2D eigenvalue weighted by molar-refractivity contribution is 5.69. The van der Waals surface area contributed by atoms with Gasteiger partial charge < -0.3 is 14.8 Å². The molecule has 1 fully saturated rings. The zero-order chi connectivity index (χ0) is 10.9. The van der Waals surface area contributed by atoms with Crippen molar-refractivity contribution in [3.05, 3.63) is 0 Å². The van der Waals surface area contributed by atoms with Crippen molar-refractivity contribution in [3.63, 3.8) is 0 Å². The molecule has 15 heavy (non-hydrogen) atoms. The summed E-state index contributed by atoms with van der Waals surface area (Å²) in [5, 5.41) is 3.27. The van der Waals surface area contributed by atoms with Gasteiger partial charge in [0.15, 0.2) is 0 Å². The second kappa shape index (κ2) is 7.65. The molecular formula is C11H21NO3. The Kier molecular flexibility index (Phi) is 6.36. The van der Waals surface area contributed by atoms with Crippen molar-refractivity contribution in [2.24, 2.45) is 0 Å². The molecule has 1 saturated carbocycles. The molecule has 1 rings (SSSR count). The van der Waals surface area contributed by atoms with Crippen LogP contribution in [0.4, 0.5) is 0 Å². The van der Waals surface area contributed by atoms with E-state index in [0.29, 0.717) is 25.7 Å². The zero-order valence-corrected chi connectivity index (χ0v) is 9.46. The predicted octanol–water partition coefficient (Wildman–Crippen LogP) is 1.10. The maximum atomic E-state index is 11.2. The number of carbonyl (C=O) groups excluding carboxylic acids is 1. The summed E-state index contributed by atoms with van der Waals surface area (Å²) >= 11 is 0. The van der Waals surface area contributed by atoms with Crippen molar-refractivity contribution in [3.8, 4) is 0 Å². The number of nitrogens with one attached hydrogen (secondary N) is 1. The molecule has 0 spiro atoms. The third-order valence-electron chi connectivity index (χ3n) is 2.18. The van der Waals surface area contributed by atoms with Gasteiger partial charge in [-0.3, -0.25) is 4.79 Å².